The number of amides is 1. The monoisotopic (exact) mass is 484 g/mol. The first-order valence-corrected chi connectivity index (χ1v) is 12.8. The fourth-order valence-electron chi connectivity index (χ4n) is 3.61. The SMILES string of the molecule is CCC[C@H](C)NC(=O)c1ccc(CN(c2cc(Cl)ccc2C)S(=O)(=O)c2ccccc2)cc1. The lowest BCUT2D eigenvalue weighted by molar-refractivity contribution is 0.0938. The van der Waals surface area contributed by atoms with Gasteiger partial charge in [-0.25, -0.2) is 8.42 Å². The van der Waals surface area contributed by atoms with Gasteiger partial charge in [-0.05, 0) is 67.8 Å². The van der Waals surface area contributed by atoms with Crippen LogP contribution in [0.1, 0.15) is 48.2 Å². The van der Waals surface area contributed by atoms with Gasteiger partial charge in [-0.2, -0.15) is 0 Å². The van der Waals surface area contributed by atoms with Crippen LogP contribution in [0.5, 0.6) is 0 Å². The van der Waals surface area contributed by atoms with E-state index in [0.717, 1.165) is 24.0 Å². The Balaban J connectivity index is 1.93. The van der Waals surface area contributed by atoms with Crippen molar-refractivity contribution in [2.75, 3.05) is 4.31 Å². The summed E-state index contributed by atoms with van der Waals surface area (Å²) in [5.41, 5.74) is 2.60. The van der Waals surface area contributed by atoms with Gasteiger partial charge in [0.1, 0.15) is 0 Å². The molecule has 0 aromatic heterocycles. The van der Waals surface area contributed by atoms with Crippen LogP contribution in [-0.4, -0.2) is 20.4 Å². The Bertz CT molecular complexity index is 1200. The molecule has 1 amide bonds. The highest BCUT2D eigenvalue weighted by atomic mass is 35.5. The van der Waals surface area contributed by atoms with Crippen LogP contribution in [0, 0.1) is 6.92 Å². The highest BCUT2D eigenvalue weighted by Crippen LogP contribution is 2.31. The van der Waals surface area contributed by atoms with Gasteiger partial charge in [-0.1, -0.05) is 61.3 Å². The number of rotatable bonds is 9. The van der Waals surface area contributed by atoms with Crippen molar-refractivity contribution >= 4 is 33.2 Å². The smallest absolute Gasteiger partial charge is 0.264 e. The molecule has 3 rings (SSSR count). The summed E-state index contributed by atoms with van der Waals surface area (Å²) in [5.74, 6) is -0.137. The fraction of sp³-hybridized carbons (Fsp3) is 0.269. The maximum atomic E-state index is 13.6. The zero-order valence-electron chi connectivity index (χ0n) is 19.1. The minimum Gasteiger partial charge on any atom is -0.350 e. The molecule has 0 radical (unpaired) electrons. The van der Waals surface area contributed by atoms with E-state index in [9.17, 15) is 13.2 Å². The number of carbonyl (C=O) groups is 1. The first kappa shape index (κ1) is 24.8. The molecule has 7 heteroatoms. The third-order valence-corrected chi connectivity index (χ3v) is 7.42. The second-order valence-electron chi connectivity index (χ2n) is 8.12. The molecule has 0 aliphatic rings. The average Bonchev–Trinajstić information content (AvgIpc) is 2.80. The van der Waals surface area contributed by atoms with Crippen molar-refractivity contribution in [2.24, 2.45) is 0 Å². The van der Waals surface area contributed by atoms with Crippen molar-refractivity contribution in [2.45, 2.75) is 51.1 Å². The maximum absolute atomic E-state index is 13.6. The van der Waals surface area contributed by atoms with Crippen LogP contribution < -0.4 is 9.62 Å². The number of anilines is 1. The molecule has 174 valence electrons. The van der Waals surface area contributed by atoms with Crippen molar-refractivity contribution in [3.8, 4) is 0 Å². The minimum absolute atomic E-state index is 0.0967. The highest BCUT2D eigenvalue weighted by Gasteiger charge is 2.26. The third-order valence-electron chi connectivity index (χ3n) is 5.41. The van der Waals surface area contributed by atoms with Crippen LogP contribution >= 0.6 is 11.6 Å². The molecule has 5 nitrogen and oxygen atoms in total. The third kappa shape index (κ3) is 6.15. The van der Waals surface area contributed by atoms with Gasteiger partial charge in [0.2, 0.25) is 0 Å². The number of benzene rings is 3. The Hall–Kier alpha value is -2.83. The van der Waals surface area contributed by atoms with Crippen LogP contribution in [0.4, 0.5) is 5.69 Å². The number of hydrogen-bond donors (Lipinski definition) is 1. The lowest BCUT2D eigenvalue weighted by Gasteiger charge is -2.26. The molecule has 0 fully saturated rings. The first-order valence-electron chi connectivity index (χ1n) is 11.0. The number of aryl methyl sites for hydroxylation is 1. The Labute approximate surface area is 201 Å². The number of nitrogens with one attached hydrogen (secondary N) is 1. The molecule has 0 saturated carbocycles. The lowest BCUT2D eigenvalue weighted by atomic mass is 10.1. The predicted molar refractivity (Wildman–Crippen MR) is 134 cm³/mol. The number of sulfonamides is 1. The van der Waals surface area contributed by atoms with Crippen LogP contribution in [0.3, 0.4) is 0 Å². The fourth-order valence-corrected chi connectivity index (χ4v) is 5.31. The Morgan fingerprint density at radius 2 is 1.70 bits per heavy atom. The summed E-state index contributed by atoms with van der Waals surface area (Å²) in [5, 5.41) is 3.44. The van der Waals surface area contributed by atoms with Gasteiger partial charge in [0.15, 0.2) is 0 Å². The number of nitrogens with zero attached hydrogens (tertiary/aromatic N) is 1. The van der Waals surface area contributed by atoms with E-state index in [1.54, 1.807) is 72.8 Å². The normalized spacial score (nSPS) is 12.2. The first-order chi connectivity index (χ1) is 15.7. The summed E-state index contributed by atoms with van der Waals surface area (Å²) in [6, 6.07) is 20.6. The molecule has 3 aromatic rings. The molecule has 1 N–H and O–H groups in total. The van der Waals surface area contributed by atoms with E-state index in [1.807, 2.05) is 13.8 Å². The number of carbonyl (C=O) groups excluding carboxylic acids is 1. The van der Waals surface area contributed by atoms with Crippen molar-refractivity contribution in [1.29, 1.82) is 0 Å². The molecule has 0 aliphatic heterocycles. The zero-order chi connectivity index (χ0) is 24.0. The van der Waals surface area contributed by atoms with E-state index in [4.69, 9.17) is 11.6 Å². The van der Waals surface area contributed by atoms with Crippen LogP contribution in [0.15, 0.2) is 77.7 Å². The second kappa shape index (κ2) is 10.9. The lowest BCUT2D eigenvalue weighted by Crippen LogP contribution is -2.32. The quantitative estimate of drug-likeness (QED) is 0.407. The molecule has 0 unspecified atom stereocenters. The molecule has 33 heavy (non-hydrogen) atoms. The zero-order valence-corrected chi connectivity index (χ0v) is 20.7. The van der Waals surface area contributed by atoms with Gasteiger partial charge < -0.3 is 5.32 Å². The summed E-state index contributed by atoms with van der Waals surface area (Å²) in [6.07, 6.45) is 1.91. The summed E-state index contributed by atoms with van der Waals surface area (Å²) in [4.78, 5) is 12.7. The second-order valence-corrected chi connectivity index (χ2v) is 10.4. The van der Waals surface area contributed by atoms with Gasteiger partial charge in [0.25, 0.3) is 15.9 Å². The summed E-state index contributed by atoms with van der Waals surface area (Å²) >= 11 is 6.21. The topological polar surface area (TPSA) is 66.5 Å². The Morgan fingerprint density at radius 1 is 1.03 bits per heavy atom. The van der Waals surface area contributed by atoms with Gasteiger partial charge >= 0.3 is 0 Å². The van der Waals surface area contributed by atoms with Gasteiger partial charge in [-0.15, -0.1) is 0 Å². The highest BCUT2D eigenvalue weighted by molar-refractivity contribution is 7.92. The van der Waals surface area contributed by atoms with E-state index in [2.05, 4.69) is 12.2 Å². The molecule has 0 heterocycles. The van der Waals surface area contributed by atoms with E-state index in [1.165, 1.54) is 4.31 Å². The molecular weight excluding hydrogens is 456 g/mol. The molecule has 0 bridgehead atoms. The Kier molecular flexibility index (Phi) is 8.16. The van der Waals surface area contributed by atoms with E-state index in [0.29, 0.717) is 16.3 Å². The van der Waals surface area contributed by atoms with Crippen LogP contribution in [0.2, 0.25) is 5.02 Å². The molecule has 3 aromatic carbocycles. The summed E-state index contributed by atoms with van der Waals surface area (Å²) < 4.78 is 28.5. The van der Waals surface area contributed by atoms with Gasteiger partial charge in [0.05, 0.1) is 17.1 Å². The van der Waals surface area contributed by atoms with Crippen molar-refractivity contribution in [3.05, 3.63) is 94.5 Å². The standard InChI is InChI=1S/C26H29ClN2O3S/c1-4-8-20(3)28-26(30)22-14-12-21(13-15-22)18-29(25-17-23(27)16-11-19(25)2)33(31,32)24-9-6-5-7-10-24/h5-7,9-17,20H,4,8,18H2,1-3H3,(H,28,30)/t20-/m0/s1. The number of halogens is 1. The summed E-state index contributed by atoms with van der Waals surface area (Å²) in [7, 11) is -3.84. The van der Waals surface area contributed by atoms with E-state index < -0.39 is 10.0 Å². The predicted octanol–water partition coefficient (Wildman–Crippen LogP) is 5.96. The largest absolute Gasteiger partial charge is 0.350 e. The van der Waals surface area contributed by atoms with Crippen molar-refractivity contribution in [3.63, 3.8) is 0 Å². The maximum Gasteiger partial charge on any atom is 0.264 e. The Morgan fingerprint density at radius 3 is 2.33 bits per heavy atom. The number of hydrogen-bond acceptors (Lipinski definition) is 3. The van der Waals surface area contributed by atoms with Crippen LogP contribution in [0.25, 0.3) is 0 Å². The molecule has 0 saturated heterocycles. The molecule has 0 spiro atoms. The minimum atomic E-state index is -3.84. The summed E-state index contributed by atoms with van der Waals surface area (Å²) in [6.45, 7) is 6.01. The van der Waals surface area contributed by atoms with Crippen molar-refractivity contribution in [1.82, 2.24) is 5.32 Å². The van der Waals surface area contributed by atoms with E-state index >= 15 is 0 Å². The molecule has 0 aliphatic carbocycles. The average molecular weight is 485 g/mol. The van der Waals surface area contributed by atoms with Crippen LogP contribution in [-0.2, 0) is 16.6 Å². The van der Waals surface area contributed by atoms with Gasteiger partial charge in [0, 0.05) is 16.6 Å². The van der Waals surface area contributed by atoms with E-state index in [-0.39, 0.29) is 23.4 Å². The molecular formula is C26H29ClN2O3S. The van der Waals surface area contributed by atoms with Crippen molar-refractivity contribution < 1.29 is 13.2 Å². The molecule has 1 atom stereocenters. The van der Waals surface area contributed by atoms with Gasteiger partial charge in [-0.3, -0.25) is 9.10 Å².